The van der Waals surface area contributed by atoms with Crippen LogP contribution in [-0.4, -0.2) is 33.9 Å². The van der Waals surface area contributed by atoms with Gasteiger partial charge >= 0.3 is 0 Å². The van der Waals surface area contributed by atoms with Crippen molar-refractivity contribution in [3.63, 3.8) is 0 Å². The Morgan fingerprint density at radius 1 is 0.818 bits per heavy atom. The molecule has 3 rings (SSSR count). The van der Waals surface area contributed by atoms with Crippen molar-refractivity contribution >= 4 is 19.9 Å². The van der Waals surface area contributed by atoms with Crippen molar-refractivity contribution in [2.75, 3.05) is 12.8 Å². The summed E-state index contributed by atoms with van der Waals surface area (Å²) in [4.78, 5) is 0.286. The first-order valence-corrected chi connectivity index (χ1v) is 14.4. The summed E-state index contributed by atoms with van der Waals surface area (Å²) in [6.07, 6.45) is 1.19. The van der Waals surface area contributed by atoms with Crippen LogP contribution in [-0.2, 0) is 32.2 Å². The zero-order chi connectivity index (χ0) is 24.2. The first-order valence-electron chi connectivity index (χ1n) is 10.9. The maximum atomic E-state index is 13.2. The van der Waals surface area contributed by atoms with Gasteiger partial charge in [0, 0.05) is 19.3 Å². The van der Waals surface area contributed by atoms with Crippen LogP contribution in [0.15, 0.2) is 77.7 Å². The monoisotopic (exact) mass is 485 g/mol. The predicted molar refractivity (Wildman–Crippen MR) is 134 cm³/mol. The topological polar surface area (TPSA) is 71.5 Å². The lowest BCUT2D eigenvalue weighted by Crippen LogP contribution is -2.34. The third kappa shape index (κ3) is 6.76. The summed E-state index contributed by atoms with van der Waals surface area (Å²) in [7, 11) is -6.73. The minimum Gasteiger partial charge on any atom is -0.224 e. The largest absolute Gasteiger partial charge is 0.224 e. The highest BCUT2D eigenvalue weighted by Crippen LogP contribution is 2.27. The van der Waals surface area contributed by atoms with Gasteiger partial charge in [-0.25, -0.2) is 16.8 Å². The summed E-state index contributed by atoms with van der Waals surface area (Å²) < 4.78 is 51.4. The van der Waals surface area contributed by atoms with Gasteiger partial charge in [0.1, 0.15) is 0 Å². The molecule has 0 aliphatic carbocycles. The van der Waals surface area contributed by atoms with Gasteiger partial charge in [-0.15, -0.1) is 0 Å². The molecule has 5 nitrogen and oxygen atoms in total. The molecule has 0 aromatic heterocycles. The van der Waals surface area contributed by atoms with E-state index in [-0.39, 0.29) is 16.6 Å². The molecule has 0 radical (unpaired) electrons. The fourth-order valence-electron chi connectivity index (χ4n) is 3.79. The Bertz CT molecular complexity index is 1300. The maximum absolute atomic E-state index is 13.2. The number of hydrogen-bond donors (Lipinski definition) is 0. The number of benzene rings is 3. The SMILES string of the molecule is Cc1cc(CN(CC(C)C)S(=O)(=O)Cc2ccccc2)ccc1-c1ccc(S(C)(=O)=O)cc1. The van der Waals surface area contributed by atoms with Crippen LogP contribution in [0.25, 0.3) is 11.1 Å². The summed E-state index contributed by atoms with van der Waals surface area (Å²) in [5.41, 5.74) is 4.60. The minimum absolute atomic E-state index is 0.0235. The Morgan fingerprint density at radius 2 is 1.45 bits per heavy atom. The van der Waals surface area contributed by atoms with Crippen molar-refractivity contribution in [3.05, 3.63) is 89.5 Å². The Morgan fingerprint density at radius 3 is 2.00 bits per heavy atom. The van der Waals surface area contributed by atoms with Crippen molar-refractivity contribution in [3.8, 4) is 11.1 Å². The van der Waals surface area contributed by atoms with Crippen molar-refractivity contribution in [2.45, 2.75) is 38.0 Å². The van der Waals surface area contributed by atoms with Crippen LogP contribution < -0.4 is 0 Å². The van der Waals surface area contributed by atoms with E-state index in [1.54, 1.807) is 28.6 Å². The molecule has 0 aliphatic heterocycles. The zero-order valence-electron chi connectivity index (χ0n) is 19.5. The van der Waals surface area contributed by atoms with Crippen LogP contribution in [0.2, 0.25) is 0 Å². The molecular formula is C26H31NO4S2. The average molecular weight is 486 g/mol. The van der Waals surface area contributed by atoms with Crippen LogP contribution in [0, 0.1) is 12.8 Å². The van der Waals surface area contributed by atoms with Crippen molar-refractivity contribution in [1.82, 2.24) is 4.31 Å². The molecule has 0 fully saturated rings. The molecule has 3 aromatic rings. The quantitative estimate of drug-likeness (QED) is 0.425. The number of nitrogens with zero attached hydrogens (tertiary/aromatic N) is 1. The Hall–Kier alpha value is -2.48. The lowest BCUT2D eigenvalue weighted by Gasteiger charge is -2.24. The number of aryl methyl sites for hydroxylation is 1. The van der Waals surface area contributed by atoms with Gasteiger partial charge in [0.15, 0.2) is 9.84 Å². The van der Waals surface area contributed by atoms with E-state index in [0.717, 1.165) is 27.8 Å². The molecule has 0 atom stereocenters. The first kappa shape index (κ1) is 25.1. The number of sulfone groups is 1. The summed E-state index contributed by atoms with van der Waals surface area (Å²) in [5, 5.41) is 0. The van der Waals surface area contributed by atoms with E-state index in [4.69, 9.17) is 0 Å². The second-order valence-corrected chi connectivity index (χ2v) is 12.9. The van der Waals surface area contributed by atoms with E-state index in [2.05, 4.69) is 0 Å². The third-order valence-electron chi connectivity index (χ3n) is 5.40. The van der Waals surface area contributed by atoms with Crippen molar-refractivity contribution < 1.29 is 16.8 Å². The summed E-state index contributed by atoms with van der Waals surface area (Å²) in [6, 6.07) is 22.0. The van der Waals surface area contributed by atoms with E-state index < -0.39 is 19.9 Å². The third-order valence-corrected chi connectivity index (χ3v) is 8.29. The van der Waals surface area contributed by atoms with Crippen LogP contribution >= 0.6 is 0 Å². The van der Waals surface area contributed by atoms with Gasteiger partial charge in [0.2, 0.25) is 10.0 Å². The Labute approximate surface area is 198 Å². The van der Waals surface area contributed by atoms with Gasteiger partial charge in [0.25, 0.3) is 0 Å². The normalized spacial score (nSPS) is 12.4. The smallest absolute Gasteiger partial charge is 0.218 e. The Kier molecular flexibility index (Phi) is 7.77. The van der Waals surface area contributed by atoms with Gasteiger partial charge in [-0.1, -0.05) is 74.5 Å². The zero-order valence-corrected chi connectivity index (χ0v) is 21.2. The van der Waals surface area contributed by atoms with Gasteiger partial charge in [-0.05, 0) is 52.8 Å². The van der Waals surface area contributed by atoms with Gasteiger partial charge < -0.3 is 0 Å². The second-order valence-electron chi connectivity index (χ2n) is 8.87. The molecule has 176 valence electrons. The highest BCUT2D eigenvalue weighted by Gasteiger charge is 2.24. The van der Waals surface area contributed by atoms with E-state index in [1.807, 2.05) is 69.3 Å². The molecule has 0 bridgehead atoms. The fraction of sp³-hybridized carbons (Fsp3) is 0.308. The average Bonchev–Trinajstić information content (AvgIpc) is 2.73. The van der Waals surface area contributed by atoms with Crippen LogP contribution in [0.5, 0.6) is 0 Å². The molecule has 3 aromatic carbocycles. The predicted octanol–water partition coefficient (Wildman–Crippen LogP) is 5.05. The van der Waals surface area contributed by atoms with Gasteiger partial charge in [-0.3, -0.25) is 0 Å². The number of sulfonamides is 1. The maximum Gasteiger partial charge on any atom is 0.218 e. The Balaban J connectivity index is 1.84. The molecule has 0 saturated heterocycles. The van der Waals surface area contributed by atoms with Crippen molar-refractivity contribution in [2.24, 2.45) is 5.92 Å². The number of hydrogen-bond acceptors (Lipinski definition) is 4. The highest BCUT2D eigenvalue weighted by molar-refractivity contribution is 7.90. The van der Waals surface area contributed by atoms with Crippen LogP contribution in [0.1, 0.15) is 30.5 Å². The molecule has 0 heterocycles. The molecule has 0 unspecified atom stereocenters. The fourth-order valence-corrected chi connectivity index (χ4v) is 6.09. The standard InChI is InChI=1S/C26H31NO4S2/c1-20(2)17-27(33(30,31)19-22-8-6-5-7-9-22)18-23-10-15-26(21(3)16-23)24-11-13-25(14-12-24)32(4,28)29/h5-16,20H,17-19H2,1-4H3. The van der Waals surface area contributed by atoms with E-state index in [1.165, 1.54) is 6.26 Å². The van der Waals surface area contributed by atoms with Crippen LogP contribution in [0.3, 0.4) is 0 Å². The summed E-state index contributed by atoms with van der Waals surface area (Å²) in [5.74, 6) is 0.175. The minimum atomic E-state index is -3.49. The van der Waals surface area contributed by atoms with E-state index in [0.29, 0.717) is 13.1 Å². The highest BCUT2D eigenvalue weighted by atomic mass is 32.2. The second kappa shape index (κ2) is 10.2. The summed E-state index contributed by atoms with van der Waals surface area (Å²) in [6.45, 7) is 6.76. The van der Waals surface area contributed by atoms with E-state index in [9.17, 15) is 16.8 Å². The summed E-state index contributed by atoms with van der Waals surface area (Å²) >= 11 is 0. The lowest BCUT2D eigenvalue weighted by molar-refractivity contribution is 0.361. The van der Waals surface area contributed by atoms with Crippen LogP contribution in [0.4, 0.5) is 0 Å². The van der Waals surface area contributed by atoms with Crippen molar-refractivity contribution in [1.29, 1.82) is 0 Å². The lowest BCUT2D eigenvalue weighted by atomic mass is 9.98. The molecule has 33 heavy (non-hydrogen) atoms. The molecular weight excluding hydrogens is 454 g/mol. The van der Waals surface area contributed by atoms with Gasteiger partial charge in [-0.2, -0.15) is 4.31 Å². The van der Waals surface area contributed by atoms with Gasteiger partial charge in [0.05, 0.1) is 10.6 Å². The molecule has 0 N–H and O–H groups in total. The molecule has 0 aliphatic rings. The molecule has 0 spiro atoms. The number of rotatable bonds is 9. The molecule has 7 heteroatoms. The molecule has 0 amide bonds. The first-order chi connectivity index (χ1) is 15.5. The molecule has 0 saturated carbocycles. The van der Waals surface area contributed by atoms with E-state index >= 15 is 0 Å².